The van der Waals surface area contributed by atoms with Crippen LogP contribution >= 0.6 is 0 Å². The van der Waals surface area contributed by atoms with E-state index in [1.165, 1.54) is 6.07 Å². The zero-order chi connectivity index (χ0) is 14.1. The summed E-state index contributed by atoms with van der Waals surface area (Å²) in [7, 11) is 0. The average molecular weight is 267 g/mol. The normalized spacial score (nSPS) is 14.3. The number of nitrogens with one attached hydrogen (secondary N) is 1. The highest BCUT2D eigenvalue weighted by atomic mass is 19.1. The van der Waals surface area contributed by atoms with Gasteiger partial charge in [0.2, 0.25) is 0 Å². The van der Waals surface area contributed by atoms with Gasteiger partial charge >= 0.3 is 0 Å². The predicted molar refractivity (Wildman–Crippen MR) is 77.5 cm³/mol. The molecule has 108 valence electrons. The zero-order valence-corrected chi connectivity index (χ0v) is 12.0. The van der Waals surface area contributed by atoms with Crippen molar-refractivity contribution in [1.82, 2.24) is 5.32 Å². The molecule has 0 saturated carbocycles. The van der Waals surface area contributed by atoms with Gasteiger partial charge in [-0.15, -0.1) is 0 Å². The van der Waals surface area contributed by atoms with Crippen molar-refractivity contribution >= 4 is 0 Å². The molecule has 0 amide bonds. The third-order valence-corrected chi connectivity index (χ3v) is 3.55. The highest BCUT2D eigenvalue weighted by molar-refractivity contribution is 5.20. The van der Waals surface area contributed by atoms with Crippen LogP contribution in [-0.2, 0) is 0 Å². The maximum atomic E-state index is 13.2. The van der Waals surface area contributed by atoms with Gasteiger partial charge in [-0.2, -0.15) is 0 Å². The van der Waals surface area contributed by atoms with E-state index in [9.17, 15) is 4.39 Å². The molecule has 0 fully saturated rings. The van der Waals surface area contributed by atoms with Crippen molar-refractivity contribution in [3.8, 4) is 0 Å². The lowest BCUT2D eigenvalue weighted by Gasteiger charge is -2.22. The molecule has 1 aromatic rings. The van der Waals surface area contributed by atoms with E-state index in [4.69, 9.17) is 5.11 Å². The van der Waals surface area contributed by atoms with E-state index in [2.05, 4.69) is 19.2 Å². The number of benzene rings is 1. The van der Waals surface area contributed by atoms with Gasteiger partial charge in [-0.25, -0.2) is 4.39 Å². The third kappa shape index (κ3) is 5.70. The molecule has 2 N–H and O–H groups in total. The molecule has 1 rings (SSSR count). The first-order chi connectivity index (χ1) is 9.21. The second-order valence-electron chi connectivity index (χ2n) is 5.09. The van der Waals surface area contributed by atoms with E-state index in [0.717, 1.165) is 37.8 Å². The molecule has 0 bridgehead atoms. The minimum absolute atomic E-state index is 0.182. The Labute approximate surface area is 116 Å². The Morgan fingerprint density at radius 3 is 2.63 bits per heavy atom. The van der Waals surface area contributed by atoms with Crippen LogP contribution < -0.4 is 5.32 Å². The van der Waals surface area contributed by atoms with Gasteiger partial charge in [0, 0.05) is 12.6 Å². The minimum atomic E-state index is -0.182. The number of aliphatic hydroxyl groups excluding tert-OH is 1. The third-order valence-electron chi connectivity index (χ3n) is 3.55. The molecular weight excluding hydrogens is 241 g/mol. The van der Waals surface area contributed by atoms with Crippen molar-refractivity contribution in [1.29, 1.82) is 0 Å². The van der Waals surface area contributed by atoms with Crippen LogP contribution in [0.2, 0.25) is 0 Å². The second kappa shape index (κ2) is 9.05. The van der Waals surface area contributed by atoms with E-state index < -0.39 is 0 Å². The monoisotopic (exact) mass is 267 g/mol. The second-order valence-corrected chi connectivity index (χ2v) is 5.09. The standard InChI is InChI=1S/C16H26FNO/c1-3-6-13(9-10-19)12-18-16(4-2)14-7-5-8-15(17)11-14/h5,7-8,11,13,16,18-19H,3-4,6,9-10,12H2,1-2H3. The molecule has 0 spiro atoms. The molecule has 1 aromatic carbocycles. The summed E-state index contributed by atoms with van der Waals surface area (Å²) < 4.78 is 13.2. The first-order valence-electron chi connectivity index (χ1n) is 7.30. The summed E-state index contributed by atoms with van der Waals surface area (Å²) in [5.74, 6) is 0.316. The predicted octanol–water partition coefficient (Wildman–Crippen LogP) is 3.67. The Morgan fingerprint density at radius 1 is 1.26 bits per heavy atom. The molecule has 0 aliphatic carbocycles. The Hall–Kier alpha value is -0.930. The summed E-state index contributed by atoms with van der Waals surface area (Å²) >= 11 is 0. The molecule has 0 aromatic heterocycles. The summed E-state index contributed by atoms with van der Waals surface area (Å²) in [5, 5.41) is 12.6. The van der Waals surface area contributed by atoms with Crippen LogP contribution in [0.25, 0.3) is 0 Å². The van der Waals surface area contributed by atoms with Crippen molar-refractivity contribution in [3.05, 3.63) is 35.6 Å². The summed E-state index contributed by atoms with van der Waals surface area (Å²) in [5.41, 5.74) is 1.00. The summed E-state index contributed by atoms with van der Waals surface area (Å²) in [6.45, 7) is 5.38. The molecule has 2 unspecified atom stereocenters. The summed E-state index contributed by atoms with van der Waals surface area (Å²) in [6, 6.07) is 6.98. The van der Waals surface area contributed by atoms with Crippen LogP contribution in [0, 0.1) is 11.7 Å². The van der Waals surface area contributed by atoms with Crippen molar-refractivity contribution < 1.29 is 9.50 Å². The van der Waals surface area contributed by atoms with Crippen molar-refractivity contribution in [2.45, 2.75) is 45.6 Å². The number of hydrogen-bond acceptors (Lipinski definition) is 2. The molecule has 0 aliphatic rings. The Bertz CT molecular complexity index is 350. The SMILES string of the molecule is CCCC(CCO)CNC(CC)c1cccc(F)c1. The number of rotatable bonds is 9. The molecule has 19 heavy (non-hydrogen) atoms. The highest BCUT2D eigenvalue weighted by Crippen LogP contribution is 2.19. The van der Waals surface area contributed by atoms with Crippen molar-refractivity contribution in [3.63, 3.8) is 0 Å². The van der Waals surface area contributed by atoms with Crippen LogP contribution in [0.3, 0.4) is 0 Å². The Kier molecular flexibility index (Phi) is 7.68. The molecule has 0 saturated heterocycles. The molecule has 0 aliphatic heterocycles. The summed E-state index contributed by atoms with van der Waals surface area (Å²) in [6.07, 6.45) is 4.01. The molecule has 2 atom stereocenters. The topological polar surface area (TPSA) is 32.3 Å². The van der Waals surface area contributed by atoms with Crippen LogP contribution in [-0.4, -0.2) is 18.3 Å². The van der Waals surface area contributed by atoms with Gasteiger partial charge in [-0.05, 0) is 49.4 Å². The van der Waals surface area contributed by atoms with E-state index in [0.29, 0.717) is 5.92 Å². The Balaban J connectivity index is 2.56. The van der Waals surface area contributed by atoms with E-state index in [1.54, 1.807) is 12.1 Å². The van der Waals surface area contributed by atoms with Crippen molar-refractivity contribution in [2.24, 2.45) is 5.92 Å². The van der Waals surface area contributed by atoms with Gasteiger partial charge in [0.05, 0.1) is 0 Å². The lowest BCUT2D eigenvalue weighted by atomic mass is 9.98. The van der Waals surface area contributed by atoms with Crippen LogP contribution in [0.15, 0.2) is 24.3 Å². The maximum Gasteiger partial charge on any atom is 0.123 e. The van der Waals surface area contributed by atoms with Crippen LogP contribution in [0.5, 0.6) is 0 Å². The van der Waals surface area contributed by atoms with E-state index in [-0.39, 0.29) is 18.5 Å². The smallest absolute Gasteiger partial charge is 0.123 e. The molecule has 0 radical (unpaired) electrons. The maximum absolute atomic E-state index is 13.2. The molecule has 0 heterocycles. The first-order valence-corrected chi connectivity index (χ1v) is 7.30. The number of aliphatic hydroxyl groups is 1. The largest absolute Gasteiger partial charge is 0.396 e. The average Bonchev–Trinajstić information content (AvgIpc) is 2.40. The van der Waals surface area contributed by atoms with Gasteiger partial charge in [0.25, 0.3) is 0 Å². The van der Waals surface area contributed by atoms with E-state index >= 15 is 0 Å². The molecular formula is C16H26FNO. The first kappa shape index (κ1) is 16.1. The Morgan fingerprint density at radius 2 is 2.05 bits per heavy atom. The fraction of sp³-hybridized carbons (Fsp3) is 0.625. The fourth-order valence-electron chi connectivity index (χ4n) is 2.47. The number of halogens is 1. The fourth-order valence-corrected chi connectivity index (χ4v) is 2.47. The lowest BCUT2D eigenvalue weighted by Crippen LogP contribution is -2.27. The minimum Gasteiger partial charge on any atom is -0.396 e. The van der Waals surface area contributed by atoms with Crippen molar-refractivity contribution in [2.75, 3.05) is 13.2 Å². The van der Waals surface area contributed by atoms with E-state index in [1.807, 2.05) is 6.07 Å². The molecule has 2 nitrogen and oxygen atoms in total. The zero-order valence-electron chi connectivity index (χ0n) is 12.0. The highest BCUT2D eigenvalue weighted by Gasteiger charge is 2.13. The molecule has 3 heteroatoms. The van der Waals surface area contributed by atoms with Crippen LogP contribution in [0.1, 0.15) is 51.1 Å². The van der Waals surface area contributed by atoms with Gasteiger partial charge in [-0.1, -0.05) is 32.4 Å². The summed E-state index contributed by atoms with van der Waals surface area (Å²) in [4.78, 5) is 0. The van der Waals surface area contributed by atoms with Gasteiger partial charge < -0.3 is 10.4 Å². The quantitative estimate of drug-likeness (QED) is 0.715. The van der Waals surface area contributed by atoms with Gasteiger partial charge in [0.1, 0.15) is 5.82 Å². The van der Waals surface area contributed by atoms with Gasteiger partial charge in [0.15, 0.2) is 0 Å². The lowest BCUT2D eigenvalue weighted by molar-refractivity contribution is 0.244. The van der Waals surface area contributed by atoms with Crippen LogP contribution in [0.4, 0.5) is 4.39 Å². The number of hydrogen-bond donors (Lipinski definition) is 2. The van der Waals surface area contributed by atoms with Gasteiger partial charge in [-0.3, -0.25) is 0 Å².